The minimum absolute atomic E-state index is 0.0525. The van der Waals surface area contributed by atoms with Crippen LogP contribution in [-0.2, 0) is 4.79 Å². The van der Waals surface area contributed by atoms with E-state index in [0.717, 1.165) is 18.2 Å². The molecule has 0 aromatic heterocycles. The molecule has 146 valence electrons. The fourth-order valence-electron chi connectivity index (χ4n) is 3.46. The van der Waals surface area contributed by atoms with E-state index in [1.54, 1.807) is 0 Å². The standard InChI is InChI=1S/C20H18O8/c1-8(22)2-3-9(7-21)15-14(25)6-12-17(19(15)27)20(28)16-11(18(12)26)4-10(23)5-13(16)24/h4-6,9,21,23-25,27H,2-3,7H2,1H3/p-1. The first kappa shape index (κ1) is 19.4. The third kappa shape index (κ3) is 2.97. The number of carbonyl (C=O) groups excluding carboxylic acids is 3. The molecule has 1 aliphatic rings. The Bertz CT molecular complexity index is 1020. The Hall–Kier alpha value is -3.39. The number of hydrogen-bond acceptors (Lipinski definition) is 8. The van der Waals surface area contributed by atoms with Gasteiger partial charge in [-0.15, -0.1) is 0 Å². The number of Topliss-reactive ketones (excluding diaryl/α,β-unsaturated/α-hetero) is 1. The molecule has 0 spiro atoms. The van der Waals surface area contributed by atoms with Gasteiger partial charge in [0.2, 0.25) is 0 Å². The fourth-order valence-corrected chi connectivity index (χ4v) is 3.46. The van der Waals surface area contributed by atoms with Crippen molar-refractivity contribution in [3.8, 4) is 23.0 Å². The number of fused-ring (bicyclic) bond motifs is 2. The second-order valence-electron chi connectivity index (χ2n) is 6.73. The Morgan fingerprint density at radius 2 is 1.64 bits per heavy atom. The molecule has 0 saturated heterocycles. The van der Waals surface area contributed by atoms with E-state index >= 15 is 0 Å². The predicted octanol–water partition coefficient (Wildman–Crippen LogP) is 1.10. The summed E-state index contributed by atoms with van der Waals surface area (Å²) in [7, 11) is 0. The zero-order valence-electron chi connectivity index (χ0n) is 14.9. The van der Waals surface area contributed by atoms with Crippen molar-refractivity contribution in [2.75, 3.05) is 6.61 Å². The molecule has 0 aliphatic heterocycles. The Balaban J connectivity index is 2.21. The SMILES string of the molecule is CC(=O)CCC(CO)c1c(O)cc2c(c1[O-])C(=O)c1c(O)cc(O)cc1C2=O. The molecular weight excluding hydrogens is 368 g/mol. The molecule has 3 rings (SSSR count). The Morgan fingerprint density at radius 1 is 1.00 bits per heavy atom. The molecule has 2 aromatic carbocycles. The van der Waals surface area contributed by atoms with Crippen molar-refractivity contribution in [2.24, 2.45) is 0 Å². The molecule has 0 fully saturated rings. The summed E-state index contributed by atoms with van der Waals surface area (Å²) < 4.78 is 0. The number of aromatic hydroxyl groups is 3. The summed E-state index contributed by atoms with van der Waals surface area (Å²) in [5, 5.41) is 52.5. The van der Waals surface area contributed by atoms with E-state index in [-0.39, 0.29) is 35.3 Å². The molecular formula is C20H17O8-. The van der Waals surface area contributed by atoms with Crippen molar-refractivity contribution in [3.63, 3.8) is 0 Å². The van der Waals surface area contributed by atoms with Gasteiger partial charge in [-0.3, -0.25) is 9.59 Å². The molecule has 0 amide bonds. The van der Waals surface area contributed by atoms with E-state index in [1.807, 2.05) is 0 Å². The first-order chi connectivity index (χ1) is 13.2. The van der Waals surface area contributed by atoms with Crippen molar-refractivity contribution in [1.82, 2.24) is 0 Å². The van der Waals surface area contributed by atoms with Crippen LogP contribution in [0, 0.1) is 0 Å². The third-order valence-corrected chi connectivity index (χ3v) is 4.82. The molecule has 1 atom stereocenters. The van der Waals surface area contributed by atoms with Crippen LogP contribution >= 0.6 is 0 Å². The molecule has 8 heteroatoms. The average Bonchev–Trinajstić information content (AvgIpc) is 2.60. The number of aliphatic hydroxyl groups excluding tert-OH is 1. The summed E-state index contributed by atoms with van der Waals surface area (Å²) in [4.78, 5) is 36.8. The average molecular weight is 385 g/mol. The van der Waals surface area contributed by atoms with E-state index in [1.165, 1.54) is 6.92 Å². The molecule has 28 heavy (non-hydrogen) atoms. The van der Waals surface area contributed by atoms with Crippen LogP contribution in [-0.4, -0.2) is 44.4 Å². The van der Waals surface area contributed by atoms with Crippen molar-refractivity contribution in [2.45, 2.75) is 25.7 Å². The maximum absolute atomic E-state index is 13.0. The summed E-state index contributed by atoms with van der Waals surface area (Å²) >= 11 is 0. The second kappa shape index (κ2) is 6.97. The summed E-state index contributed by atoms with van der Waals surface area (Å²) in [6.45, 7) is 0.795. The molecule has 2 aromatic rings. The maximum Gasteiger partial charge on any atom is 0.197 e. The van der Waals surface area contributed by atoms with E-state index in [0.29, 0.717) is 0 Å². The molecule has 0 saturated carbocycles. The monoisotopic (exact) mass is 385 g/mol. The topological polar surface area (TPSA) is 155 Å². The fraction of sp³-hybridized carbons (Fsp3) is 0.250. The predicted molar refractivity (Wildman–Crippen MR) is 93.9 cm³/mol. The highest BCUT2D eigenvalue weighted by molar-refractivity contribution is 6.30. The van der Waals surface area contributed by atoms with Crippen LogP contribution in [0.25, 0.3) is 0 Å². The van der Waals surface area contributed by atoms with Crippen LogP contribution in [0.15, 0.2) is 18.2 Å². The lowest BCUT2D eigenvalue weighted by Crippen LogP contribution is -2.24. The number of aliphatic hydroxyl groups is 1. The quantitative estimate of drug-likeness (QED) is 0.509. The lowest BCUT2D eigenvalue weighted by Gasteiger charge is -2.29. The molecule has 1 aliphatic carbocycles. The van der Waals surface area contributed by atoms with Crippen molar-refractivity contribution >= 4 is 17.3 Å². The number of benzene rings is 2. The zero-order valence-corrected chi connectivity index (χ0v) is 14.9. The van der Waals surface area contributed by atoms with Crippen LogP contribution in [0.4, 0.5) is 0 Å². The summed E-state index contributed by atoms with van der Waals surface area (Å²) in [6.07, 6.45) is 0.127. The molecule has 8 nitrogen and oxygen atoms in total. The van der Waals surface area contributed by atoms with Gasteiger partial charge in [-0.25, -0.2) is 0 Å². The van der Waals surface area contributed by atoms with Gasteiger partial charge >= 0.3 is 0 Å². The number of carbonyl (C=O) groups is 3. The molecule has 4 N–H and O–H groups in total. The summed E-state index contributed by atoms with van der Waals surface area (Å²) in [6, 6.07) is 2.84. The van der Waals surface area contributed by atoms with Gasteiger partial charge in [-0.05, 0) is 31.0 Å². The van der Waals surface area contributed by atoms with Gasteiger partial charge < -0.3 is 30.3 Å². The number of rotatable bonds is 5. The number of hydrogen-bond donors (Lipinski definition) is 4. The molecule has 0 heterocycles. The van der Waals surface area contributed by atoms with Crippen LogP contribution in [0.5, 0.6) is 23.0 Å². The maximum atomic E-state index is 13.0. The van der Waals surface area contributed by atoms with Gasteiger partial charge in [0.1, 0.15) is 23.0 Å². The number of phenols is 3. The molecule has 0 bridgehead atoms. The van der Waals surface area contributed by atoms with E-state index in [2.05, 4.69) is 0 Å². The van der Waals surface area contributed by atoms with E-state index < -0.39 is 58.2 Å². The Kier molecular flexibility index (Phi) is 4.82. The van der Waals surface area contributed by atoms with Crippen LogP contribution in [0.3, 0.4) is 0 Å². The number of phenolic OH excluding ortho intramolecular Hbond substituents is 3. The molecule has 0 radical (unpaired) electrons. The van der Waals surface area contributed by atoms with Crippen LogP contribution in [0.1, 0.15) is 63.1 Å². The van der Waals surface area contributed by atoms with Crippen LogP contribution in [0.2, 0.25) is 0 Å². The van der Waals surface area contributed by atoms with Crippen molar-refractivity contribution in [3.05, 3.63) is 46.0 Å². The van der Waals surface area contributed by atoms with Crippen molar-refractivity contribution in [1.29, 1.82) is 0 Å². The second-order valence-corrected chi connectivity index (χ2v) is 6.73. The normalized spacial score (nSPS) is 13.8. The highest BCUT2D eigenvalue weighted by Crippen LogP contribution is 2.44. The highest BCUT2D eigenvalue weighted by Gasteiger charge is 2.35. The van der Waals surface area contributed by atoms with Gasteiger partial charge in [0.25, 0.3) is 0 Å². The number of ketones is 3. The summed E-state index contributed by atoms with van der Waals surface area (Å²) in [5.74, 6) is -5.39. The largest absolute Gasteiger partial charge is 0.872 e. The van der Waals surface area contributed by atoms with Gasteiger partial charge in [0, 0.05) is 35.1 Å². The lowest BCUT2D eigenvalue weighted by atomic mass is 9.79. The van der Waals surface area contributed by atoms with Gasteiger partial charge in [-0.1, -0.05) is 5.75 Å². The van der Waals surface area contributed by atoms with Gasteiger partial charge in [-0.2, -0.15) is 0 Å². The third-order valence-electron chi connectivity index (χ3n) is 4.82. The van der Waals surface area contributed by atoms with Crippen LogP contribution < -0.4 is 5.11 Å². The van der Waals surface area contributed by atoms with Crippen molar-refractivity contribution < 1.29 is 39.9 Å². The Labute approximate surface area is 159 Å². The first-order valence-corrected chi connectivity index (χ1v) is 8.49. The zero-order chi connectivity index (χ0) is 20.7. The Morgan fingerprint density at radius 3 is 2.25 bits per heavy atom. The van der Waals surface area contributed by atoms with Gasteiger partial charge in [0.15, 0.2) is 11.6 Å². The minimum atomic E-state index is -0.936. The minimum Gasteiger partial charge on any atom is -0.872 e. The lowest BCUT2D eigenvalue weighted by molar-refractivity contribution is -0.270. The first-order valence-electron chi connectivity index (χ1n) is 8.49. The smallest absolute Gasteiger partial charge is 0.197 e. The van der Waals surface area contributed by atoms with E-state index in [9.17, 15) is 39.9 Å². The summed E-state index contributed by atoms with van der Waals surface area (Å²) in [5.41, 5.74) is -1.82. The highest BCUT2D eigenvalue weighted by atomic mass is 16.3. The molecule has 1 unspecified atom stereocenters. The van der Waals surface area contributed by atoms with E-state index in [4.69, 9.17) is 0 Å². The van der Waals surface area contributed by atoms with Gasteiger partial charge in [0.05, 0.1) is 12.2 Å².